The van der Waals surface area contributed by atoms with Gasteiger partial charge in [0, 0.05) is 25.2 Å². The SMILES string of the molecule is O=C(Nc1ccc(F)cc1)NC(CN1CCCC1=O)c1cccc(C(F)(F)F)c1. The molecule has 0 aliphatic carbocycles. The van der Waals surface area contributed by atoms with Crippen LogP contribution in [-0.2, 0) is 11.0 Å². The van der Waals surface area contributed by atoms with Gasteiger partial charge in [-0.15, -0.1) is 0 Å². The molecule has 0 aromatic heterocycles. The van der Waals surface area contributed by atoms with Crippen LogP contribution < -0.4 is 10.6 Å². The summed E-state index contributed by atoms with van der Waals surface area (Å²) in [4.78, 5) is 25.9. The number of nitrogens with one attached hydrogen (secondary N) is 2. The number of hydrogen-bond acceptors (Lipinski definition) is 2. The summed E-state index contributed by atoms with van der Waals surface area (Å²) in [6, 6.07) is 8.17. The van der Waals surface area contributed by atoms with Gasteiger partial charge in [-0.05, 0) is 48.4 Å². The van der Waals surface area contributed by atoms with Crippen LogP contribution in [0.3, 0.4) is 0 Å². The van der Waals surface area contributed by atoms with E-state index in [1.54, 1.807) is 0 Å². The molecule has 2 aromatic rings. The summed E-state index contributed by atoms with van der Waals surface area (Å²) in [5.74, 6) is -0.576. The van der Waals surface area contributed by atoms with Gasteiger partial charge in [0.2, 0.25) is 5.91 Å². The molecule has 1 atom stereocenters. The van der Waals surface area contributed by atoms with E-state index in [2.05, 4.69) is 10.6 Å². The zero-order valence-electron chi connectivity index (χ0n) is 15.3. The van der Waals surface area contributed by atoms with Gasteiger partial charge in [-0.1, -0.05) is 12.1 Å². The summed E-state index contributed by atoms with van der Waals surface area (Å²) < 4.78 is 52.3. The zero-order chi connectivity index (χ0) is 21.0. The highest BCUT2D eigenvalue weighted by Gasteiger charge is 2.32. The smallest absolute Gasteiger partial charge is 0.340 e. The predicted molar refractivity (Wildman–Crippen MR) is 98.6 cm³/mol. The Hall–Kier alpha value is -3.10. The van der Waals surface area contributed by atoms with Crippen molar-refractivity contribution < 1.29 is 27.2 Å². The minimum Gasteiger partial charge on any atom is -0.340 e. The molecule has 29 heavy (non-hydrogen) atoms. The molecule has 0 spiro atoms. The third-order valence-electron chi connectivity index (χ3n) is 4.60. The van der Waals surface area contributed by atoms with Crippen molar-refractivity contribution in [2.45, 2.75) is 25.1 Å². The minimum atomic E-state index is -4.53. The monoisotopic (exact) mass is 409 g/mol. The molecule has 2 aromatic carbocycles. The first kappa shape index (κ1) is 20.6. The Morgan fingerprint density at radius 2 is 1.86 bits per heavy atom. The number of alkyl halides is 3. The maximum atomic E-state index is 13.1. The average Bonchev–Trinajstić information content (AvgIpc) is 3.07. The average molecular weight is 409 g/mol. The number of likely N-dealkylation sites (tertiary alicyclic amines) is 1. The summed E-state index contributed by atoms with van der Waals surface area (Å²) >= 11 is 0. The second-order valence-corrected chi connectivity index (χ2v) is 6.72. The summed E-state index contributed by atoms with van der Waals surface area (Å²) in [6.45, 7) is 0.534. The van der Waals surface area contributed by atoms with Gasteiger partial charge in [-0.2, -0.15) is 13.2 Å². The Bertz CT molecular complexity index is 884. The molecule has 0 saturated carbocycles. The lowest BCUT2D eigenvalue weighted by Crippen LogP contribution is -2.40. The highest BCUT2D eigenvalue weighted by molar-refractivity contribution is 5.89. The Labute approximate surface area is 164 Å². The van der Waals surface area contributed by atoms with Gasteiger partial charge in [-0.3, -0.25) is 4.79 Å². The lowest BCUT2D eigenvalue weighted by Gasteiger charge is -2.26. The topological polar surface area (TPSA) is 61.4 Å². The first-order valence-corrected chi connectivity index (χ1v) is 9.00. The van der Waals surface area contributed by atoms with Gasteiger partial charge in [0.15, 0.2) is 0 Å². The largest absolute Gasteiger partial charge is 0.416 e. The van der Waals surface area contributed by atoms with Crippen LogP contribution >= 0.6 is 0 Å². The summed E-state index contributed by atoms with van der Waals surface area (Å²) in [6.07, 6.45) is -3.49. The number of benzene rings is 2. The number of nitrogens with zero attached hydrogens (tertiary/aromatic N) is 1. The van der Waals surface area contributed by atoms with Crippen LogP contribution in [0.25, 0.3) is 0 Å². The molecular weight excluding hydrogens is 390 g/mol. The number of carbonyl (C=O) groups excluding carboxylic acids is 2. The van der Waals surface area contributed by atoms with Crippen molar-refractivity contribution in [1.29, 1.82) is 0 Å². The molecular formula is C20H19F4N3O2. The third-order valence-corrected chi connectivity index (χ3v) is 4.60. The molecule has 1 aliphatic rings. The quantitative estimate of drug-likeness (QED) is 0.723. The van der Waals surface area contributed by atoms with Gasteiger partial charge in [0.25, 0.3) is 0 Å². The van der Waals surface area contributed by atoms with Crippen LogP contribution in [0.15, 0.2) is 48.5 Å². The lowest BCUT2D eigenvalue weighted by molar-refractivity contribution is -0.137. The van der Waals surface area contributed by atoms with Gasteiger partial charge in [0.1, 0.15) is 5.82 Å². The van der Waals surface area contributed by atoms with Crippen molar-refractivity contribution in [3.05, 3.63) is 65.5 Å². The van der Waals surface area contributed by atoms with Gasteiger partial charge < -0.3 is 15.5 Å². The molecule has 0 radical (unpaired) electrons. The molecule has 3 amide bonds. The zero-order valence-corrected chi connectivity index (χ0v) is 15.3. The van der Waals surface area contributed by atoms with Gasteiger partial charge in [-0.25, -0.2) is 9.18 Å². The number of halogens is 4. The van der Waals surface area contributed by atoms with Crippen molar-refractivity contribution in [3.63, 3.8) is 0 Å². The molecule has 3 rings (SSSR count). The fraction of sp³-hybridized carbons (Fsp3) is 0.300. The van der Waals surface area contributed by atoms with Crippen LogP contribution in [-0.4, -0.2) is 29.9 Å². The van der Waals surface area contributed by atoms with Crippen LogP contribution in [0, 0.1) is 5.82 Å². The van der Waals surface area contributed by atoms with E-state index in [4.69, 9.17) is 0 Å². The number of carbonyl (C=O) groups is 2. The Kier molecular flexibility index (Phi) is 6.05. The summed E-state index contributed by atoms with van der Waals surface area (Å²) in [5, 5.41) is 5.13. The van der Waals surface area contributed by atoms with Crippen molar-refractivity contribution >= 4 is 17.6 Å². The highest BCUT2D eigenvalue weighted by atomic mass is 19.4. The molecule has 1 unspecified atom stereocenters. The summed E-state index contributed by atoms with van der Waals surface area (Å²) in [7, 11) is 0. The second-order valence-electron chi connectivity index (χ2n) is 6.72. The Balaban J connectivity index is 1.80. The van der Waals surface area contributed by atoms with E-state index in [1.807, 2.05) is 0 Å². The number of amides is 3. The normalized spacial score (nSPS) is 15.3. The van der Waals surface area contributed by atoms with E-state index in [1.165, 1.54) is 41.3 Å². The molecule has 1 aliphatic heterocycles. The van der Waals surface area contributed by atoms with Gasteiger partial charge >= 0.3 is 12.2 Å². The Morgan fingerprint density at radius 3 is 2.48 bits per heavy atom. The molecule has 9 heteroatoms. The lowest BCUT2D eigenvalue weighted by atomic mass is 10.0. The van der Waals surface area contributed by atoms with E-state index in [-0.39, 0.29) is 18.0 Å². The van der Waals surface area contributed by atoms with E-state index in [9.17, 15) is 27.2 Å². The van der Waals surface area contributed by atoms with E-state index < -0.39 is 29.6 Å². The number of rotatable bonds is 5. The van der Waals surface area contributed by atoms with E-state index >= 15 is 0 Å². The van der Waals surface area contributed by atoms with Crippen LogP contribution in [0.1, 0.15) is 30.0 Å². The van der Waals surface area contributed by atoms with Crippen molar-refractivity contribution in [3.8, 4) is 0 Å². The number of hydrogen-bond donors (Lipinski definition) is 2. The third kappa shape index (κ3) is 5.46. The van der Waals surface area contributed by atoms with Crippen molar-refractivity contribution in [2.24, 2.45) is 0 Å². The van der Waals surface area contributed by atoms with Crippen LogP contribution in [0.2, 0.25) is 0 Å². The highest BCUT2D eigenvalue weighted by Crippen LogP contribution is 2.31. The predicted octanol–water partition coefficient (Wildman–Crippen LogP) is 4.33. The molecule has 154 valence electrons. The second kappa shape index (κ2) is 8.50. The molecule has 1 fully saturated rings. The maximum Gasteiger partial charge on any atom is 0.416 e. The first-order chi connectivity index (χ1) is 13.7. The standard InChI is InChI=1S/C20H19F4N3O2/c21-15-6-8-16(9-7-15)25-19(29)26-17(12-27-10-2-5-18(27)28)13-3-1-4-14(11-13)20(22,23)24/h1,3-4,6-9,11,17H,2,5,10,12H2,(H2,25,26,29). The molecule has 0 bridgehead atoms. The maximum absolute atomic E-state index is 13.1. The Morgan fingerprint density at radius 1 is 1.14 bits per heavy atom. The number of urea groups is 1. The van der Waals surface area contributed by atoms with Gasteiger partial charge in [0.05, 0.1) is 11.6 Å². The molecule has 2 N–H and O–H groups in total. The van der Waals surface area contributed by atoms with Crippen LogP contribution in [0.4, 0.5) is 28.0 Å². The first-order valence-electron chi connectivity index (χ1n) is 9.00. The van der Waals surface area contributed by atoms with Crippen molar-refractivity contribution in [1.82, 2.24) is 10.2 Å². The minimum absolute atomic E-state index is 0.0526. The number of anilines is 1. The molecule has 1 heterocycles. The van der Waals surface area contributed by atoms with Crippen LogP contribution in [0.5, 0.6) is 0 Å². The summed E-state index contributed by atoms with van der Waals surface area (Å²) in [5.41, 5.74) is -0.286. The van der Waals surface area contributed by atoms with Crippen molar-refractivity contribution in [2.75, 3.05) is 18.4 Å². The fourth-order valence-electron chi connectivity index (χ4n) is 3.14. The van der Waals surface area contributed by atoms with E-state index in [0.717, 1.165) is 12.1 Å². The molecule has 5 nitrogen and oxygen atoms in total. The van der Waals surface area contributed by atoms with E-state index in [0.29, 0.717) is 25.1 Å². The fourth-order valence-corrected chi connectivity index (χ4v) is 3.14. The molecule has 1 saturated heterocycles.